The van der Waals surface area contributed by atoms with Crippen LogP contribution in [0, 0.1) is 0 Å². The van der Waals surface area contributed by atoms with Crippen LogP contribution in [-0.2, 0) is 4.74 Å². The third kappa shape index (κ3) is 3.23. The van der Waals surface area contributed by atoms with E-state index in [-0.39, 0.29) is 24.6 Å². The van der Waals surface area contributed by atoms with Crippen LogP contribution < -0.4 is 10.6 Å². The van der Waals surface area contributed by atoms with Gasteiger partial charge in [0.2, 0.25) is 0 Å². The molecular formula is C23H25N7O4. The molecule has 6 rings (SSSR count). The highest BCUT2D eigenvalue weighted by atomic mass is 16.5. The normalized spacial score (nSPS) is 24.4. The molecule has 11 heteroatoms. The summed E-state index contributed by atoms with van der Waals surface area (Å²) in [5.74, 6) is 0.345. The lowest BCUT2D eigenvalue weighted by atomic mass is 9.89. The second kappa shape index (κ2) is 8.05. The smallest absolute Gasteiger partial charge is 0.257 e. The molecule has 2 aliphatic rings. The molecule has 0 bridgehead atoms. The zero-order valence-corrected chi connectivity index (χ0v) is 18.5. The van der Waals surface area contributed by atoms with E-state index in [9.17, 15) is 15.0 Å². The van der Waals surface area contributed by atoms with Gasteiger partial charge in [0.25, 0.3) is 5.91 Å². The van der Waals surface area contributed by atoms with E-state index in [2.05, 4.69) is 20.7 Å². The van der Waals surface area contributed by atoms with E-state index in [1.54, 1.807) is 17.8 Å². The Morgan fingerprint density at radius 1 is 1.21 bits per heavy atom. The maximum absolute atomic E-state index is 13.0. The highest BCUT2D eigenvalue weighted by Gasteiger charge is 2.32. The Kier molecular flexibility index (Phi) is 4.97. The van der Waals surface area contributed by atoms with Gasteiger partial charge in [0.05, 0.1) is 43.3 Å². The van der Waals surface area contributed by atoms with Crippen molar-refractivity contribution >= 4 is 28.4 Å². The molecule has 1 aliphatic heterocycles. The maximum Gasteiger partial charge on any atom is 0.257 e. The van der Waals surface area contributed by atoms with Crippen LogP contribution in [0.2, 0.25) is 0 Å². The Morgan fingerprint density at radius 3 is 2.79 bits per heavy atom. The fourth-order valence-electron chi connectivity index (χ4n) is 4.67. The first-order valence-corrected chi connectivity index (χ1v) is 11.3. The largest absolute Gasteiger partial charge is 0.391 e. The van der Waals surface area contributed by atoms with Gasteiger partial charge in [-0.3, -0.25) is 4.79 Å². The molecule has 2 fully saturated rings. The van der Waals surface area contributed by atoms with Gasteiger partial charge in [0.1, 0.15) is 23.1 Å². The summed E-state index contributed by atoms with van der Waals surface area (Å²) in [6.07, 6.45) is 5.43. The van der Waals surface area contributed by atoms with E-state index in [0.29, 0.717) is 35.8 Å². The van der Waals surface area contributed by atoms with Gasteiger partial charge in [0.15, 0.2) is 5.65 Å². The van der Waals surface area contributed by atoms with Crippen LogP contribution >= 0.6 is 0 Å². The molecule has 0 aromatic carbocycles. The van der Waals surface area contributed by atoms with Crippen molar-refractivity contribution in [3.05, 3.63) is 42.4 Å². The lowest BCUT2D eigenvalue weighted by Crippen LogP contribution is -2.50. The van der Waals surface area contributed by atoms with Gasteiger partial charge in [-0.1, -0.05) is 0 Å². The van der Waals surface area contributed by atoms with Gasteiger partial charge in [-0.2, -0.15) is 9.61 Å². The monoisotopic (exact) mass is 463 g/mol. The predicted molar refractivity (Wildman–Crippen MR) is 124 cm³/mol. The van der Waals surface area contributed by atoms with Crippen LogP contribution in [0.4, 0.5) is 5.82 Å². The van der Waals surface area contributed by atoms with Gasteiger partial charge in [-0.25, -0.2) is 9.97 Å². The fraction of sp³-hybridized carbons (Fsp3) is 0.391. The molecule has 4 aromatic heterocycles. The number of pyridine rings is 1. The number of rotatable bonds is 5. The Morgan fingerprint density at radius 2 is 2.09 bits per heavy atom. The van der Waals surface area contributed by atoms with E-state index in [4.69, 9.17) is 9.72 Å². The SMILES string of the molecule is CNc1cc(-c2cn([C@@H]3COC[C@H]3O)c3ncccc23)nc2c(C(=O)N[C@H]3CC[C@H]3O)cnn12. The van der Waals surface area contributed by atoms with Crippen molar-refractivity contribution in [1.29, 1.82) is 0 Å². The third-order valence-electron chi connectivity index (χ3n) is 6.77. The molecule has 34 heavy (non-hydrogen) atoms. The molecule has 4 aromatic rings. The summed E-state index contributed by atoms with van der Waals surface area (Å²) in [7, 11) is 1.78. The van der Waals surface area contributed by atoms with E-state index in [1.807, 2.05) is 29.0 Å². The number of anilines is 1. The second-order valence-electron chi connectivity index (χ2n) is 8.79. The van der Waals surface area contributed by atoms with Crippen molar-refractivity contribution in [2.75, 3.05) is 25.6 Å². The number of aliphatic hydroxyl groups is 2. The molecule has 0 spiro atoms. The summed E-state index contributed by atoms with van der Waals surface area (Å²) in [4.78, 5) is 22.3. The third-order valence-corrected chi connectivity index (χ3v) is 6.77. The van der Waals surface area contributed by atoms with Crippen molar-refractivity contribution < 1.29 is 19.7 Å². The molecule has 5 heterocycles. The molecule has 1 saturated heterocycles. The highest BCUT2D eigenvalue weighted by Crippen LogP contribution is 2.34. The summed E-state index contributed by atoms with van der Waals surface area (Å²) >= 11 is 0. The van der Waals surface area contributed by atoms with E-state index in [0.717, 1.165) is 23.0 Å². The summed E-state index contributed by atoms with van der Waals surface area (Å²) in [5.41, 5.74) is 2.93. The molecule has 11 nitrogen and oxygen atoms in total. The number of nitrogens with one attached hydrogen (secondary N) is 2. The number of ether oxygens (including phenoxy) is 1. The van der Waals surface area contributed by atoms with Crippen LogP contribution in [0.3, 0.4) is 0 Å². The first-order valence-electron chi connectivity index (χ1n) is 11.3. The van der Waals surface area contributed by atoms with Gasteiger partial charge in [-0.15, -0.1) is 0 Å². The Balaban J connectivity index is 1.48. The van der Waals surface area contributed by atoms with Crippen molar-refractivity contribution in [1.82, 2.24) is 29.5 Å². The minimum Gasteiger partial charge on any atom is -0.391 e. The number of amides is 1. The number of hydrogen-bond donors (Lipinski definition) is 4. The number of hydrogen-bond acceptors (Lipinski definition) is 8. The Bertz CT molecular complexity index is 1400. The van der Waals surface area contributed by atoms with Crippen LogP contribution in [0.25, 0.3) is 27.9 Å². The molecule has 1 saturated carbocycles. The van der Waals surface area contributed by atoms with E-state index in [1.165, 1.54) is 6.20 Å². The lowest BCUT2D eigenvalue weighted by molar-refractivity contribution is 0.0448. The molecule has 1 aliphatic carbocycles. The van der Waals surface area contributed by atoms with Crippen LogP contribution in [-0.4, -0.2) is 78.8 Å². The van der Waals surface area contributed by atoms with Crippen LogP contribution in [0.5, 0.6) is 0 Å². The standard InChI is InChI=1S/C23H25N7O4/c1-24-20-7-16(27-22-13(8-26-30(20)22)23(33)28-15-4-5-18(15)31)14-9-29(17-10-34-11-19(17)32)21-12(14)3-2-6-25-21/h2-3,6-9,15,17-19,24,31-32H,4-5,10-11H2,1H3,(H,28,33)/t15-,17+,18+,19+/m0/s1. The topological polar surface area (TPSA) is 139 Å². The van der Waals surface area contributed by atoms with Crippen molar-refractivity contribution in [2.45, 2.75) is 37.1 Å². The molecule has 1 amide bonds. The lowest BCUT2D eigenvalue weighted by Gasteiger charge is -2.32. The minimum absolute atomic E-state index is 0.246. The number of aromatic nitrogens is 5. The molecule has 4 N–H and O–H groups in total. The van der Waals surface area contributed by atoms with Crippen molar-refractivity contribution in [3.8, 4) is 11.3 Å². The first kappa shape index (κ1) is 21.0. The molecular weight excluding hydrogens is 438 g/mol. The average Bonchev–Trinajstić information content (AvgIpc) is 3.57. The number of aliphatic hydroxyl groups excluding tert-OH is 2. The number of fused-ring (bicyclic) bond motifs is 2. The maximum atomic E-state index is 13.0. The summed E-state index contributed by atoms with van der Waals surface area (Å²) < 4.78 is 8.99. The molecule has 0 radical (unpaired) electrons. The zero-order valence-electron chi connectivity index (χ0n) is 18.5. The molecule has 176 valence electrons. The summed E-state index contributed by atoms with van der Waals surface area (Å²) in [5, 5.41) is 31.5. The molecule has 4 atom stereocenters. The second-order valence-corrected chi connectivity index (χ2v) is 8.79. The van der Waals surface area contributed by atoms with Crippen LogP contribution in [0.15, 0.2) is 36.8 Å². The van der Waals surface area contributed by atoms with Gasteiger partial charge < -0.3 is 30.2 Å². The Hall–Kier alpha value is -3.54. The van der Waals surface area contributed by atoms with Crippen molar-refractivity contribution in [2.24, 2.45) is 0 Å². The van der Waals surface area contributed by atoms with Gasteiger partial charge in [0, 0.05) is 36.5 Å². The van der Waals surface area contributed by atoms with E-state index >= 15 is 0 Å². The van der Waals surface area contributed by atoms with Gasteiger partial charge >= 0.3 is 0 Å². The predicted octanol–water partition coefficient (Wildman–Crippen LogP) is 0.973. The number of nitrogens with zero attached hydrogens (tertiary/aromatic N) is 5. The minimum atomic E-state index is -0.624. The van der Waals surface area contributed by atoms with Gasteiger partial charge in [-0.05, 0) is 25.0 Å². The quantitative estimate of drug-likeness (QED) is 0.343. The van der Waals surface area contributed by atoms with Crippen LogP contribution in [0.1, 0.15) is 29.2 Å². The fourth-order valence-corrected chi connectivity index (χ4v) is 4.67. The zero-order chi connectivity index (χ0) is 23.4. The number of carbonyl (C=O) groups excluding carboxylic acids is 1. The Labute approximate surface area is 194 Å². The highest BCUT2D eigenvalue weighted by molar-refractivity contribution is 6.01. The van der Waals surface area contributed by atoms with E-state index < -0.39 is 12.2 Å². The summed E-state index contributed by atoms with van der Waals surface area (Å²) in [6.45, 7) is 0.680. The average molecular weight is 463 g/mol. The first-order chi connectivity index (χ1) is 16.5. The summed E-state index contributed by atoms with van der Waals surface area (Å²) in [6, 6.07) is 5.19. The molecule has 0 unspecified atom stereocenters. The van der Waals surface area contributed by atoms with Crippen molar-refractivity contribution in [3.63, 3.8) is 0 Å². The number of carbonyl (C=O) groups is 1.